The molecule has 0 spiro atoms. The van der Waals surface area contributed by atoms with Crippen LogP contribution >= 0.6 is 0 Å². The highest BCUT2D eigenvalue weighted by Gasteiger charge is 2.28. The van der Waals surface area contributed by atoms with Crippen LogP contribution in [0.2, 0.25) is 0 Å². The Morgan fingerprint density at radius 1 is 0.942 bits per heavy atom. The summed E-state index contributed by atoms with van der Waals surface area (Å²) in [7, 11) is -3.49. The van der Waals surface area contributed by atoms with E-state index < -0.39 is 45.0 Å². The Bertz CT molecular complexity index is 2540. The lowest BCUT2D eigenvalue weighted by molar-refractivity contribution is 0.0917. The number of amides is 1. The quantitative estimate of drug-likeness (QED) is 0.154. The second kappa shape index (κ2) is 14.2. The van der Waals surface area contributed by atoms with Gasteiger partial charge in [0.1, 0.15) is 23.0 Å². The molecular formula is C37H34F2N6O6S. The highest BCUT2D eigenvalue weighted by molar-refractivity contribution is 7.85. The number of carbonyl (C=O) groups is 1. The van der Waals surface area contributed by atoms with Gasteiger partial charge in [0.15, 0.2) is 5.65 Å². The predicted molar refractivity (Wildman–Crippen MR) is 190 cm³/mol. The number of imidazole rings is 1. The van der Waals surface area contributed by atoms with Crippen molar-refractivity contribution in [3.63, 3.8) is 0 Å². The molecule has 7 rings (SSSR count). The average molecular weight is 729 g/mol. The number of hydrogen-bond donors (Lipinski definition) is 1. The molecule has 1 saturated carbocycles. The highest BCUT2D eigenvalue weighted by Crippen LogP contribution is 2.29. The van der Waals surface area contributed by atoms with Crippen LogP contribution in [0.3, 0.4) is 0 Å². The zero-order chi connectivity index (χ0) is 36.6. The van der Waals surface area contributed by atoms with E-state index in [1.807, 2.05) is 30.3 Å². The van der Waals surface area contributed by atoms with Gasteiger partial charge in [0.05, 0.1) is 30.1 Å². The van der Waals surface area contributed by atoms with Crippen molar-refractivity contribution in [2.75, 3.05) is 12.9 Å². The van der Waals surface area contributed by atoms with Crippen LogP contribution in [0, 0.1) is 11.6 Å². The molecule has 52 heavy (non-hydrogen) atoms. The summed E-state index contributed by atoms with van der Waals surface area (Å²) < 4.78 is 59.3. The summed E-state index contributed by atoms with van der Waals surface area (Å²) >= 11 is 0. The Hall–Kier alpha value is -5.54. The van der Waals surface area contributed by atoms with E-state index in [4.69, 9.17) is 4.18 Å². The molecule has 15 heteroatoms. The van der Waals surface area contributed by atoms with Crippen LogP contribution in [0.4, 0.5) is 8.78 Å². The first-order chi connectivity index (χ1) is 24.9. The first-order valence-corrected chi connectivity index (χ1v) is 18.6. The lowest BCUT2D eigenvalue weighted by Crippen LogP contribution is -2.45. The maximum absolute atomic E-state index is 14.5. The number of carbonyl (C=O) groups excluding carboxylic acids is 1. The van der Waals surface area contributed by atoms with E-state index in [1.54, 1.807) is 18.2 Å². The first kappa shape index (κ1) is 34.9. The third-order valence-corrected chi connectivity index (χ3v) is 9.83. The fourth-order valence-electron chi connectivity index (χ4n) is 6.72. The molecule has 1 aliphatic carbocycles. The molecule has 2 aromatic carbocycles. The van der Waals surface area contributed by atoms with Crippen LogP contribution in [0.1, 0.15) is 54.2 Å². The number of rotatable bonds is 10. The van der Waals surface area contributed by atoms with Gasteiger partial charge in [0.25, 0.3) is 21.6 Å². The second-order valence-electron chi connectivity index (χ2n) is 12.9. The number of pyridine rings is 2. The summed E-state index contributed by atoms with van der Waals surface area (Å²) in [6, 6.07) is 18.0. The number of nitrogens with one attached hydrogen (secondary N) is 1. The Balaban J connectivity index is 1.13. The molecule has 1 amide bonds. The number of aromatic nitrogens is 5. The van der Waals surface area contributed by atoms with Crippen molar-refractivity contribution < 1.29 is 26.2 Å². The third kappa shape index (κ3) is 7.41. The van der Waals surface area contributed by atoms with E-state index in [9.17, 15) is 31.6 Å². The summed E-state index contributed by atoms with van der Waals surface area (Å²) in [5.41, 5.74) is 2.45. The minimum atomic E-state index is -3.49. The fourth-order valence-corrected chi connectivity index (χ4v) is 7.14. The molecule has 0 aliphatic heterocycles. The van der Waals surface area contributed by atoms with Crippen molar-refractivity contribution in [3.05, 3.63) is 129 Å². The summed E-state index contributed by atoms with van der Waals surface area (Å²) in [6.45, 7) is 0.0947. The Morgan fingerprint density at radius 3 is 2.46 bits per heavy atom. The Morgan fingerprint density at radius 2 is 1.71 bits per heavy atom. The molecule has 0 atom stereocenters. The van der Waals surface area contributed by atoms with Crippen LogP contribution in [0.15, 0.2) is 94.9 Å². The molecule has 1 N–H and O–H groups in total. The van der Waals surface area contributed by atoms with Gasteiger partial charge in [-0.1, -0.05) is 36.4 Å². The van der Waals surface area contributed by atoms with E-state index in [1.165, 1.54) is 38.1 Å². The Kier molecular flexibility index (Phi) is 9.55. The van der Waals surface area contributed by atoms with Crippen molar-refractivity contribution in [2.45, 2.75) is 50.6 Å². The second-order valence-corrected chi connectivity index (χ2v) is 14.6. The Labute approximate surface area is 296 Å². The van der Waals surface area contributed by atoms with Crippen LogP contribution in [0.5, 0.6) is 0 Å². The monoisotopic (exact) mass is 728 g/mol. The number of benzene rings is 2. The first-order valence-electron chi connectivity index (χ1n) is 16.8. The molecule has 0 saturated heterocycles. The van der Waals surface area contributed by atoms with E-state index in [2.05, 4.69) is 15.3 Å². The summed E-state index contributed by atoms with van der Waals surface area (Å²) in [6.07, 6.45) is 7.58. The van der Waals surface area contributed by atoms with Gasteiger partial charge in [-0.2, -0.15) is 8.42 Å². The fraction of sp³-hybridized carbons (Fsp3) is 0.270. The van der Waals surface area contributed by atoms with Gasteiger partial charge in [0.2, 0.25) is 0 Å². The van der Waals surface area contributed by atoms with Crippen LogP contribution in [-0.2, 0) is 20.7 Å². The maximum atomic E-state index is 14.5. The standard InChI is InChI=1S/C37H34F2N6O6S/c1-52(49,50)51-17-3-4-23-7-9-24(10-8-23)25-5-2-6-30(18-25)44-34-31(19-27(39)20-40-34)36(47)45(37(44)48)29-14-12-28(13-15-29)41-35(46)32-22-43-21-26(38)11-16-33(43)42-32/h2,5-11,16,18-22,28-29H,3-4,12-15,17H2,1H3,(H,41,46). The number of nitrogens with zero attached hydrogens (tertiary/aromatic N) is 5. The number of hydrogen-bond acceptors (Lipinski definition) is 8. The average Bonchev–Trinajstić information content (AvgIpc) is 3.55. The van der Waals surface area contributed by atoms with Gasteiger partial charge < -0.3 is 9.72 Å². The van der Waals surface area contributed by atoms with Crippen molar-refractivity contribution >= 4 is 32.7 Å². The molecule has 1 aliphatic rings. The third-order valence-electron chi connectivity index (χ3n) is 9.24. The van der Waals surface area contributed by atoms with Gasteiger partial charge >= 0.3 is 5.69 Å². The van der Waals surface area contributed by atoms with Gasteiger partial charge in [-0.05, 0) is 85.5 Å². The van der Waals surface area contributed by atoms with Crippen LogP contribution < -0.4 is 16.6 Å². The predicted octanol–water partition coefficient (Wildman–Crippen LogP) is 4.96. The summed E-state index contributed by atoms with van der Waals surface area (Å²) in [4.78, 5) is 49.5. The SMILES string of the molecule is CS(=O)(=O)OCCCc1ccc(-c2cccc(-n3c(=O)n(C4CCC(NC(=O)c5cn6cc(F)ccc6n5)CC4)c(=O)c4cc(F)cnc43)c2)cc1. The molecular weight excluding hydrogens is 695 g/mol. The minimum absolute atomic E-state index is 0.0322. The topological polar surface area (TPSA) is 147 Å². The summed E-state index contributed by atoms with van der Waals surface area (Å²) in [5, 5.41) is 2.93. The van der Waals surface area contributed by atoms with Gasteiger partial charge in [-0.3, -0.25) is 18.3 Å². The minimum Gasteiger partial charge on any atom is -0.348 e. The molecule has 0 unspecified atom stereocenters. The van der Waals surface area contributed by atoms with Gasteiger partial charge in [-0.15, -0.1) is 0 Å². The smallest absolute Gasteiger partial charge is 0.337 e. The normalized spacial score (nSPS) is 16.4. The number of aryl methyl sites for hydroxylation is 1. The van der Waals surface area contributed by atoms with E-state index in [0.717, 1.165) is 35.2 Å². The molecule has 6 aromatic rings. The van der Waals surface area contributed by atoms with Crippen molar-refractivity contribution in [1.82, 2.24) is 28.8 Å². The lowest BCUT2D eigenvalue weighted by atomic mass is 9.90. The molecule has 4 aromatic heterocycles. The van der Waals surface area contributed by atoms with E-state index >= 15 is 0 Å². The van der Waals surface area contributed by atoms with Gasteiger partial charge in [-0.25, -0.2) is 28.1 Å². The van der Waals surface area contributed by atoms with Gasteiger partial charge in [0, 0.05) is 24.5 Å². The molecule has 268 valence electrons. The summed E-state index contributed by atoms with van der Waals surface area (Å²) in [5.74, 6) is -1.57. The molecule has 1 fully saturated rings. The van der Waals surface area contributed by atoms with Crippen molar-refractivity contribution in [2.24, 2.45) is 0 Å². The van der Waals surface area contributed by atoms with E-state index in [-0.39, 0.29) is 29.4 Å². The van der Waals surface area contributed by atoms with Crippen LogP contribution in [0.25, 0.3) is 33.5 Å². The molecule has 0 radical (unpaired) electrons. The number of halogens is 2. The number of fused-ring (bicyclic) bond motifs is 2. The van der Waals surface area contributed by atoms with Crippen molar-refractivity contribution in [3.8, 4) is 16.8 Å². The highest BCUT2D eigenvalue weighted by atomic mass is 32.2. The van der Waals surface area contributed by atoms with Crippen molar-refractivity contribution in [1.29, 1.82) is 0 Å². The van der Waals surface area contributed by atoms with Crippen LogP contribution in [-0.4, -0.2) is 56.7 Å². The zero-order valence-corrected chi connectivity index (χ0v) is 28.9. The zero-order valence-electron chi connectivity index (χ0n) is 28.0. The maximum Gasteiger partial charge on any atom is 0.337 e. The van der Waals surface area contributed by atoms with E-state index in [0.29, 0.717) is 49.9 Å². The molecule has 12 nitrogen and oxygen atoms in total. The largest absolute Gasteiger partial charge is 0.348 e. The molecule has 0 bridgehead atoms. The molecule has 4 heterocycles. The lowest BCUT2D eigenvalue weighted by Gasteiger charge is -2.30.